The topological polar surface area (TPSA) is 227 Å². The number of aliphatic carboxylic acids is 2. The Labute approximate surface area is 191 Å². The zero-order valence-electron chi connectivity index (χ0n) is 17.7. The summed E-state index contributed by atoms with van der Waals surface area (Å²) in [7, 11) is 0. The van der Waals surface area contributed by atoms with Gasteiger partial charge in [0.2, 0.25) is 5.95 Å². The number of benzene rings is 1. The number of carbonyl (C=O) groups excluding carboxylic acids is 1. The molecule has 0 aliphatic carbocycles. The van der Waals surface area contributed by atoms with Gasteiger partial charge in [0, 0.05) is 17.6 Å². The lowest BCUT2D eigenvalue weighted by Gasteiger charge is -2.14. The van der Waals surface area contributed by atoms with E-state index in [1.165, 1.54) is 12.1 Å². The highest BCUT2D eigenvalue weighted by Gasteiger charge is 2.23. The van der Waals surface area contributed by atoms with Gasteiger partial charge in [0.05, 0.1) is 0 Å². The minimum atomic E-state index is -1.44. The van der Waals surface area contributed by atoms with Gasteiger partial charge in [-0.3, -0.25) is 9.59 Å². The highest BCUT2D eigenvalue weighted by atomic mass is 16.4. The van der Waals surface area contributed by atoms with Crippen molar-refractivity contribution in [2.45, 2.75) is 25.3 Å². The Hall–Kier alpha value is -4.81. The van der Waals surface area contributed by atoms with Crippen molar-refractivity contribution in [1.82, 2.24) is 25.3 Å². The van der Waals surface area contributed by atoms with Gasteiger partial charge in [-0.2, -0.15) is 9.97 Å². The highest BCUT2D eigenvalue weighted by molar-refractivity contribution is 5.97. The van der Waals surface area contributed by atoms with E-state index in [-0.39, 0.29) is 46.2 Å². The van der Waals surface area contributed by atoms with Crippen molar-refractivity contribution in [3.63, 3.8) is 0 Å². The third kappa shape index (κ3) is 5.51. The molecule has 13 nitrogen and oxygen atoms in total. The molecule has 0 saturated heterocycles. The fraction of sp³-hybridized carbons (Fsp3) is 0.190. The maximum Gasteiger partial charge on any atom is 0.331 e. The molecule has 8 N–H and O–H groups in total. The number of fused-ring (bicyclic) bond motifs is 1. The van der Waals surface area contributed by atoms with E-state index < -0.39 is 35.9 Å². The average molecular weight is 467 g/mol. The number of aromatic nitrogens is 4. The standard InChI is InChI=1S/C21H21N7O6/c1-9(19(31)32)8-13(20(33)34)25-17(29)11-5-2-10(3-6-11)4-7-12-18(30)27-16-14(24-12)15(22)26-21(23)28-16/h2-3,5-6,13H,1,4,7-8H2,(H,25,29)(H,31,32)(H,33,34)(H5,22,23,26,27,28,30)/t13-/m0/s1. The number of amides is 1. The molecule has 0 aliphatic rings. The van der Waals surface area contributed by atoms with Crippen molar-refractivity contribution >= 4 is 40.8 Å². The number of nitrogens with one attached hydrogen (secondary N) is 2. The number of hydrogen-bond donors (Lipinski definition) is 6. The summed E-state index contributed by atoms with van der Waals surface area (Å²) in [4.78, 5) is 61.4. The molecule has 1 amide bonds. The summed E-state index contributed by atoms with van der Waals surface area (Å²) in [5.41, 5.74) is 12.1. The summed E-state index contributed by atoms with van der Waals surface area (Å²) in [6.07, 6.45) is 0.234. The first-order valence-corrected chi connectivity index (χ1v) is 9.90. The monoisotopic (exact) mass is 467 g/mol. The van der Waals surface area contributed by atoms with Gasteiger partial charge in [-0.1, -0.05) is 18.7 Å². The number of rotatable bonds is 9. The van der Waals surface area contributed by atoms with Gasteiger partial charge in [0.25, 0.3) is 11.5 Å². The number of hydrogen-bond acceptors (Lipinski definition) is 9. The zero-order chi connectivity index (χ0) is 25.0. The van der Waals surface area contributed by atoms with Crippen molar-refractivity contribution in [1.29, 1.82) is 0 Å². The van der Waals surface area contributed by atoms with E-state index in [1.54, 1.807) is 12.1 Å². The van der Waals surface area contributed by atoms with Crippen molar-refractivity contribution < 1.29 is 24.6 Å². The Bertz CT molecular complexity index is 1350. The molecule has 1 atom stereocenters. The molecule has 3 rings (SSSR count). The van der Waals surface area contributed by atoms with Gasteiger partial charge < -0.3 is 32.0 Å². The van der Waals surface area contributed by atoms with Gasteiger partial charge >= 0.3 is 11.9 Å². The van der Waals surface area contributed by atoms with E-state index >= 15 is 0 Å². The number of carboxylic acid groups (broad SMARTS) is 2. The average Bonchev–Trinajstić information content (AvgIpc) is 2.77. The Kier molecular flexibility index (Phi) is 6.85. The van der Waals surface area contributed by atoms with E-state index in [0.717, 1.165) is 5.56 Å². The van der Waals surface area contributed by atoms with Gasteiger partial charge in [0.1, 0.15) is 17.3 Å². The fourth-order valence-electron chi connectivity index (χ4n) is 3.08. The highest BCUT2D eigenvalue weighted by Crippen LogP contribution is 2.14. The lowest BCUT2D eigenvalue weighted by Crippen LogP contribution is -2.41. The van der Waals surface area contributed by atoms with Crippen molar-refractivity contribution in [3.8, 4) is 0 Å². The van der Waals surface area contributed by atoms with E-state index in [2.05, 4.69) is 31.8 Å². The second-order valence-corrected chi connectivity index (χ2v) is 7.35. The summed E-state index contributed by atoms with van der Waals surface area (Å²) < 4.78 is 0. The number of anilines is 2. The number of nitrogens with zero attached hydrogens (tertiary/aromatic N) is 3. The van der Waals surface area contributed by atoms with Gasteiger partial charge in [-0.15, -0.1) is 0 Å². The molecule has 0 spiro atoms. The van der Waals surface area contributed by atoms with Crippen LogP contribution in [-0.4, -0.2) is 54.0 Å². The SMILES string of the molecule is C=C(C[C@H](NC(=O)c1ccc(CCc2nc3c(N)nc(N)nc3[nH]c2=O)cc1)C(=O)O)C(=O)O. The maximum atomic E-state index is 12.4. The Morgan fingerprint density at radius 2 is 1.74 bits per heavy atom. The molecule has 1 aromatic carbocycles. The summed E-state index contributed by atoms with van der Waals surface area (Å²) in [5.74, 6) is -3.44. The van der Waals surface area contributed by atoms with E-state index in [0.29, 0.717) is 6.42 Å². The van der Waals surface area contributed by atoms with Crippen LogP contribution in [0.15, 0.2) is 41.2 Å². The van der Waals surface area contributed by atoms with Crippen LogP contribution in [0.5, 0.6) is 0 Å². The molecule has 34 heavy (non-hydrogen) atoms. The van der Waals surface area contributed by atoms with Crippen LogP contribution < -0.4 is 22.3 Å². The molecular formula is C21H21N7O6. The molecule has 13 heteroatoms. The Morgan fingerprint density at radius 1 is 1.06 bits per heavy atom. The molecule has 0 aliphatic heterocycles. The minimum Gasteiger partial charge on any atom is -0.480 e. The Morgan fingerprint density at radius 3 is 2.35 bits per heavy atom. The molecule has 176 valence electrons. The summed E-state index contributed by atoms with van der Waals surface area (Å²) in [5, 5.41) is 20.4. The van der Waals surface area contributed by atoms with Crippen LogP contribution in [-0.2, 0) is 22.4 Å². The lowest BCUT2D eigenvalue weighted by molar-refractivity contribution is -0.139. The molecule has 0 saturated carbocycles. The van der Waals surface area contributed by atoms with Crippen LogP contribution >= 0.6 is 0 Å². The number of carbonyl (C=O) groups is 3. The molecule has 3 aromatic rings. The van der Waals surface area contributed by atoms with Crippen molar-refractivity contribution in [2.24, 2.45) is 0 Å². The first kappa shape index (κ1) is 23.8. The quantitative estimate of drug-likeness (QED) is 0.227. The number of aryl methyl sites for hydroxylation is 2. The molecule has 0 unspecified atom stereocenters. The predicted molar refractivity (Wildman–Crippen MR) is 121 cm³/mol. The smallest absolute Gasteiger partial charge is 0.331 e. The normalized spacial score (nSPS) is 11.6. The second-order valence-electron chi connectivity index (χ2n) is 7.35. The minimum absolute atomic E-state index is 0.0435. The van der Waals surface area contributed by atoms with Crippen LogP contribution in [0.4, 0.5) is 11.8 Å². The van der Waals surface area contributed by atoms with Crippen molar-refractivity contribution in [3.05, 3.63) is 63.6 Å². The van der Waals surface area contributed by atoms with E-state index in [4.69, 9.17) is 16.6 Å². The van der Waals surface area contributed by atoms with E-state index in [9.17, 15) is 24.3 Å². The fourth-order valence-corrected chi connectivity index (χ4v) is 3.08. The van der Waals surface area contributed by atoms with E-state index in [1.807, 2.05) is 0 Å². The summed E-state index contributed by atoms with van der Waals surface area (Å²) >= 11 is 0. The Balaban J connectivity index is 1.68. The zero-order valence-corrected chi connectivity index (χ0v) is 17.7. The third-order valence-corrected chi connectivity index (χ3v) is 4.89. The first-order chi connectivity index (χ1) is 16.0. The summed E-state index contributed by atoms with van der Waals surface area (Å²) in [6.45, 7) is 3.28. The predicted octanol–water partition coefficient (Wildman–Crippen LogP) is -0.123. The molecule has 0 bridgehead atoms. The number of carboxylic acids is 2. The van der Waals surface area contributed by atoms with Crippen molar-refractivity contribution in [2.75, 3.05) is 11.5 Å². The number of H-pyrrole nitrogens is 1. The second kappa shape index (κ2) is 9.77. The molecular weight excluding hydrogens is 446 g/mol. The number of nitrogens with two attached hydrogens (primary N) is 2. The molecule has 0 radical (unpaired) electrons. The van der Waals surface area contributed by atoms with Crippen LogP contribution in [0.3, 0.4) is 0 Å². The van der Waals surface area contributed by atoms with Gasteiger partial charge in [-0.05, 0) is 30.5 Å². The largest absolute Gasteiger partial charge is 0.480 e. The number of nitrogen functional groups attached to an aromatic ring is 2. The van der Waals surface area contributed by atoms with Crippen LogP contribution in [0.25, 0.3) is 11.2 Å². The van der Waals surface area contributed by atoms with Gasteiger partial charge in [0.15, 0.2) is 11.5 Å². The van der Waals surface area contributed by atoms with Crippen LogP contribution in [0, 0.1) is 0 Å². The molecule has 2 aromatic heterocycles. The maximum absolute atomic E-state index is 12.4. The van der Waals surface area contributed by atoms with Crippen LogP contribution in [0.1, 0.15) is 28.0 Å². The van der Waals surface area contributed by atoms with Crippen LogP contribution in [0.2, 0.25) is 0 Å². The number of aromatic amines is 1. The molecule has 0 fully saturated rings. The lowest BCUT2D eigenvalue weighted by atomic mass is 10.0. The summed E-state index contributed by atoms with van der Waals surface area (Å²) in [6, 6.07) is 4.83. The third-order valence-electron chi connectivity index (χ3n) is 4.89. The first-order valence-electron chi connectivity index (χ1n) is 9.90. The van der Waals surface area contributed by atoms with Gasteiger partial charge in [-0.25, -0.2) is 14.6 Å². The molecule has 2 heterocycles.